The zero-order valence-corrected chi connectivity index (χ0v) is 10.3. The molecule has 5 nitrogen and oxygen atoms in total. The highest BCUT2D eigenvalue weighted by atomic mass is 16.5. The molecule has 2 rings (SSSR count). The molecule has 1 atom stereocenters. The maximum absolute atomic E-state index is 5.95. The second kappa shape index (κ2) is 5.82. The van der Waals surface area contributed by atoms with E-state index in [1.807, 2.05) is 0 Å². The quantitative estimate of drug-likeness (QED) is 0.850. The zero-order chi connectivity index (χ0) is 12.1. The minimum absolute atomic E-state index is 0.229. The van der Waals surface area contributed by atoms with Gasteiger partial charge in [-0.3, -0.25) is 0 Å². The van der Waals surface area contributed by atoms with Gasteiger partial charge in [0.25, 0.3) is 0 Å². The van der Waals surface area contributed by atoms with Gasteiger partial charge in [0.15, 0.2) is 0 Å². The van der Waals surface area contributed by atoms with Crippen molar-refractivity contribution in [3.63, 3.8) is 0 Å². The molecule has 0 amide bonds. The first-order chi connectivity index (χ1) is 8.29. The Labute approximate surface area is 102 Å². The highest BCUT2D eigenvalue weighted by Gasteiger charge is 2.19. The van der Waals surface area contributed by atoms with E-state index in [2.05, 4.69) is 21.8 Å². The topological polar surface area (TPSA) is 64.3 Å². The fraction of sp³-hybridized carbons (Fsp3) is 0.667. The van der Waals surface area contributed by atoms with Crippen LogP contribution in [0.15, 0.2) is 12.3 Å². The van der Waals surface area contributed by atoms with Gasteiger partial charge in [0, 0.05) is 31.4 Å². The molecular formula is C12H20N4O. The van der Waals surface area contributed by atoms with Crippen LogP contribution in [0.25, 0.3) is 0 Å². The first-order valence-corrected chi connectivity index (χ1v) is 6.26. The molecule has 1 aromatic heterocycles. The zero-order valence-electron chi connectivity index (χ0n) is 10.3. The molecule has 0 aliphatic carbocycles. The summed E-state index contributed by atoms with van der Waals surface area (Å²) in [6.45, 7) is 4.57. The van der Waals surface area contributed by atoms with Crippen molar-refractivity contribution < 1.29 is 4.74 Å². The van der Waals surface area contributed by atoms with E-state index in [1.165, 1.54) is 0 Å². The van der Waals surface area contributed by atoms with Crippen LogP contribution in [0.2, 0.25) is 0 Å². The molecule has 0 spiro atoms. The number of nitrogens with two attached hydrogens (primary N) is 1. The number of aromatic nitrogens is 2. The molecule has 2 heterocycles. The number of rotatable bonds is 4. The Morgan fingerprint density at radius 2 is 2.47 bits per heavy atom. The van der Waals surface area contributed by atoms with E-state index in [1.54, 1.807) is 12.3 Å². The van der Waals surface area contributed by atoms with E-state index in [9.17, 15) is 0 Å². The van der Waals surface area contributed by atoms with Crippen molar-refractivity contribution in [3.8, 4) is 5.88 Å². The van der Waals surface area contributed by atoms with Gasteiger partial charge in [-0.05, 0) is 19.3 Å². The molecule has 0 aromatic carbocycles. The maximum atomic E-state index is 5.95. The van der Waals surface area contributed by atoms with E-state index in [0.29, 0.717) is 12.5 Å². The average Bonchev–Trinajstić information content (AvgIpc) is 2.37. The number of anilines is 1. The van der Waals surface area contributed by atoms with Crippen LogP contribution in [-0.2, 0) is 0 Å². The minimum Gasteiger partial charge on any atom is -0.478 e. The fourth-order valence-corrected chi connectivity index (χ4v) is 1.96. The molecule has 1 unspecified atom stereocenters. The highest BCUT2D eigenvalue weighted by molar-refractivity contribution is 5.33. The SMILES string of the molecule is CCCOc1ccnc(N2CCCC(N)C2)n1. The third kappa shape index (κ3) is 3.30. The molecule has 17 heavy (non-hydrogen) atoms. The monoisotopic (exact) mass is 236 g/mol. The van der Waals surface area contributed by atoms with Gasteiger partial charge in [0.05, 0.1) is 6.61 Å². The second-order valence-corrected chi connectivity index (χ2v) is 4.39. The van der Waals surface area contributed by atoms with Gasteiger partial charge >= 0.3 is 0 Å². The molecular weight excluding hydrogens is 216 g/mol. The third-order valence-corrected chi connectivity index (χ3v) is 2.81. The van der Waals surface area contributed by atoms with Gasteiger partial charge < -0.3 is 15.4 Å². The van der Waals surface area contributed by atoms with Crippen molar-refractivity contribution in [2.75, 3.05) is 24.6 Å². The Hall–Kier alpha value is -1.36. The van der Waals surface area contributed by atoms with E-state index in [0.717, 1.165) is 38.3 Å². The van der Waals surface area contributed by atoms with Crippen LogP contribution in [0.4, 0.5) is 5.95 Å². The molecule has 94 valence electrons. The Balaban J connectivity index is 2.04. The first kappa shape index (κ1) is 12.1. The third-order valence-electron chi connectivity index (χ3n) is 2.81. The molecule has 0 radical (unpaired) electrons. The summed E-state index contributed by atoms with van der Waals surface area (Å²) in [6.07, 6.45) is 4.91. The van der Waals surface area contributed by atoms with Crippen molar-refractivity contribution in [3.05, 3.63) is 12.3 Å². The van der Waals surface area contributed by atoms with Crippen LogP contribution in [0, 0.1) is 0 Å². The molecule has 0 saturated carbocycles. The van der Waals surface area contributed by atoms with Crippen LogP contribution < -0.4 is 15.4 Å². The smallest absolute Gasteiger partial charge is 0.228 e. The largest absolute Gasteiger partial charge is 0.478 e. The van der Waals surface area contributed by atoms with E-state index < -0.39 is 0 Å². The van der Waals surface area contributed by atoms with E-state index >= 15 is 0 Å². The Bertz CT molecular complexity index is 358. The van der Waals surface area contributed by atoms with Crippen molar-refractivity contribution in [1.82, 2.24) is 9.97 Å². The summed E-state index contributed by atoms with van der Waals surface area (Å²) < 4.78 is 5.50. The van der Waals surface area contributed by atoms with Gasteiger partial charge in [-0.2, -0.15) is 4.98 Å². The summed E-state index contributed by atoms with van der Waals surface area (Å²) in [4.78, 5) is 10.8. The number of ether oxygens (including phenoxy) is 1. The Morgan fingerprint density at radius 1 is 1.59 bits per heavy atom. The molecule has 1 saturated heterocycles. The lowest BCUT2D eigenvalue weighted by molar-refractivity contribution is 0.304. The predicted octanol–water partition coefficient (Wildman–Crippen LogP) is 1.19. The maximum Gasteiger partial charge on any atom is 0.228 e. The van der Waals surface area contributed by atoms with Crippen molar-refractivity contribution in [2.24, 2.45) is 5.73 Å². The molecule has 2 N–H and O–H groups in total. The summed E-state index contributed by atoms with van der Waals surface area (Å²) in [5, 5.41) is 0. The molecule has 0 bridgehead atoms. The predicted molar refractivity (Wildman–Crippen MR) is 67.2 cm³/mol. The molecule has 1 fully saturated rings. The number of hydrogen-bond acceptors (Lipinski definition) is 5. The van der Waals surface area contributed by atoms with E-state index in [-0.39, 0.29) is 6.04 Å². The van der Waals surface area contributed by atoms with E-state index in [4.69, 9.17) is 10.5 Å². The Morgan fingerprint density at radius 3 is 3.24 bits per heavy atom. The standard InChI is InChI=1S/C12H20N4O/c1-2-8-17-11-5-6-14-12(15-11)16-7-3-4-10(13)9-16/h5-6,10H,2-4,7-9,13H2,1H3. The fourth-order valence-electron chi connectivity index (χ4n) is 1.96. The van der Waals surface area contributed by atoms with Crippen molar-refractivity contribution >= 4 is 5.95 Å². The van der Waals surface area contributed by atoms with Gasteiger partial charge in [-0.25, -0.2) is 4.98 Å². The van der Waals surface area contributed by atoms with Gasteiger partial charge in [0.1, 0.15) is 0 Å². The number of nitrogens with zero attached hydrogens (tertiary/aromatic N) is 3. The Kier molecular flexibility index (Phi) is 4.14. The molecule has 1 aliphatic rings. The van der Waals surface area contributed by atoms with Crippen LogP contribution >= 0.6 is 0 Å². The van der Waals surface area contributed by atoms with Gasteiger partial charge in [0.2, 0.25) is 11.8 Å². The second-order valence-electron chi connectivity index (χ2n) is 4.39. The van der Waals surface area contributed by atoms with Gasteiger partial charge in [-0.15, -0.1) is 0 Å². The van der Waals surface area contributed by atoms with Crippen LogP contribution in [-0.4, -0.2) is 35.7 Å². The lowest BCUT2D eigenvalue weighted by Crippen LogP contribution is -2.43. The molecule has 1 aliphatic heterocycles. The van der Waals surface area contributed by atoms with Crippen LogP contribution in [0.5, 0.6) is 5.88 Å². The van der Waals surface area contributed by atoms with Crippen molar-refractivity contribution in [1.29, 1.82) is 0 Å². The molecule has 1 aromatic rings. The minimum atomic E-state index is 0.229. The van der Waals surface area contributed by atoms with Crippen molar-refractivity contribution in [2.45, 2.75) is 32.2 Å². The summed E-state index contributed by atoms with van der Waals surface area (Å²) >= 11 is 0. The normalized spacial score (nSPS) is 20.4. The van der Waals surface area contributed by atoms with Gasteiger partial charge in [-0.1, -0.05) is 6.92 Å². The first-order valence-electron chi connectivity index (χ1n) is 6.26. The number of hydrogen-bond donors (Lipinski definition) is 1. The summed E-state index contributed by atoms with van der Waals surface area (Å²) in [7, 11) is 0. The summed E-state index contributed by atoms with van der Waals surface area (Å²) in [5.74, 6) is 1.38. The van der Waals surface area contributed by atoms with Crippen LogP contribution in [0.3, 0.4) is 0 Å². The van der Waals surface area contributed by atoms with Crippen LogP contribution in [0.1, 0.15) is 26.2 Å². The average molecular weight is 236 g/mol. The summed E-state index contributed by atoms with van der Waals surface area (Å²) in [6, 6.07) is 2.02. The number of piperidine rings is 1. The summed E-state index contributed by atoms with van der Waals surface area (Å²) in [5.41, 5.74) is 5.95. The lowest BCUT2D eigenvalue weighted by atomic mass is 10.1. The molecule has 5 heteroatoms. The lowest BCUT2D eigenvalue weighted by Gasteiger charge is -2.30. The highest BCUT2D eigenvalue weighted by Crippen LogP contribution is 2.17.